The van der Waals surface area contributed by atoms with Gasteiger partial charge in [0.25, 0.3) is 5.56 Å². The number of aromatic carboxylic acids is 1. The van der Waals surface area contributed by atoms with Crippen LogP contribution in [-0.2, 0) is 6.54 Å². The van der Waals surface area contributed by atoms with Gasteiger partial charge in [0.1, 0.15) is 5.82 Å². The monoisotopic (exact) mass is 388 g/mol. The van der Waals surface area contributed by atoms with Crippen LogP contribution in [0.25, 0.3) is 0 Å². The minimum Gasteiger partial charge on any atom is -0.478 e. The molecular weight excluding hydrogens is 378 g/mol. The van der Waals surface area contributed by atoms with Crippen LogP contribution in [0.1, 0.15) is 21.6 Å². The van der Waals surface area contributed by atoms with Gasteiger partial charge in [0.15, 0.2) is 0 Å². The summed E-state index contributed by atoms with van der Waals surface area (Å²) >= 11 is 1.88. The molecule has 2 rings (SSSR count). The minimum atomic E-state index is -1.14. The number of aromatic nitrogens is 2. The first-order valence-electron chi connectivity index (χ1n) is 5.63. The molecule has 7 heteroatoms. The maximum Gasteiger partial charge on any atom is 0.335 e. The van der Waals surface area contributed by atoms with E-state index in [1.807, 2.05) is 22.6 Å². The van der Waals surface area contributed by atoms with Crippen molar-refractivity contribution in [2.24, 2.45) is 0 Å². The van der Waals surface area contributed by atoms with E-state index in [9.17, 15) is 14.0 Å². The molecule has 0 aliphatic rings. The summed E-state index contributed by atoms with van der Waals surface area (Å²) in [5.41, 5.74) is 0.433. The van der Waals surface area contributed by atoms with E-state index in [1.54, 1.807) is 6.92 Å². The Bertz CT molecular complexity index is 743. The van der Waals surface area contributed by atoms with Gasteiger partial charge < -0.3 is 5.11 Å². The van der Waals surface area contributed by atoms with E-state index < -0.39 is 11.8 Å². The predicted molar refractivity (Wildman–Crippen MR) is 78.4 cm³/mol. The Morgan fingerprint density at radius 2 is 2.20 bits per heavy atom. The second kappa shape index (κ2) is 5.70. The molecule has 0 atom stereocenters. The third-order valence-electron chi connectivity index (χ3n) is 2.79. The van der Waals surface area contributed by atoms with Crippen molar-refractivity contribution in [2.75, 3.05) is 0 Å². The molecule has 104 valence electrons. The Hall–Kier alpha value is -1.77. The maximum atomic E-state index is 13.7. The van der Waals surface area contributed by atoms with Crippen molar-refractivity contribution in [3.8, 4) is 0 Å². The Kier molecular flexibility index (Phi) is 4.17. The summed E-state index contributed by atoms with van der Waals surface area (Å²) in [7, 11) is 0. The lowest BCUT2D eigenvalue weighted by atomic mass is 10.1. The molecule has 2 aromatic rings. The smallest absolute Gasteiger partial charge is 0.335 e. The molecule has 0 saturated heterocycles. The van der Waals surface area contributed by atoms with Crippen LogP contribution in [0, 0.1) is 16.3 Å². The summed E-state index contributed by atoms with van der Waals surface area (Å²) in [4.78, 5) is 26.9. The number of hydrogen-bond donors (Lipinski definition) is 1. The molecule has 0 fully saturated rings. The number of carboxylic acids is 1. The predicted octanol–water partition coefficient (Wildman–Crippen LogP) is 2.04. The zero-order valence-electron chi connectivity index (χ0n) is 10.4. The Morgan fingerprint density at radius 3 is 2.85 bits per heavy atom. The summed E-state index contributed by atoms with van der Waals surface area (Å²) in [5.74, 6) is -1.70. The molecule has 20 heavy (non-hydrogen) atoms. The quantitative estimate of drug-likeness (QED) is 0.818. The molecule has 1 aromatic heterocycles. The molecule has 1 aromatic carbocycles. The third-order valence-corrected chi connectivity index (χ3v) is 4.03. The maximum absolute atomic E-state index is 13.7. The highest BCUT2D eigenvalue weighted by molar-refractivity contribution is 14.1. The molecule has 0 amide bonds. The van der Waals surface area contributed by atoms with E-state index in [1.165, 1.54) is 23.0 Å². The van der Waals surface area contributed by atoms with Crippen LogP contribution in [0.2, 0.25) is 0 Å². The fourth-order valence-corrected chi connectivity index (χ4v) is 2.12. The Balaban J connectivity index is 2.45. The normalized spacial score (nSPS) is 10.6. The van der Waals surface area contributed by atoms with Gasteiger partial charge in [-0.05, 0) is 47.7 Å². The van der Waals surface area contributed by atoms with Crippen LogP contribution in [0.3, 0.4) is 0 Å². The number of carboxylic acid groups (broad SMARTS) is 1. The van der Waals surface area contributed by atoms with Crippen LogP contribution in [-0.4, -0.2) is 20.6 Å². The fraction of sp³-hybridized carbons (Fsp3) is 0.154. The number of aryl methyl sites for hydroxylation is 1. The Morgan fingerprint density at radius 1 is 1.50 bits per heavy atom. The molecule has 5 nitrogen and oxygen atoms in total. The van der Waals surface area contributed by atoms with Gasteiger partial charge in [0.05, 0.1) is 27.7 Å². The number of rotatable bonds is 3. The van der Waals surface area contributed by atoms with Crippen LogP contribution in [0.4, 0.5) is 4.39 Å². The number of halogens is 2. The van der Waals surface area contributed by atoms with Gasteiger partial charge in [-0.2, -0.15) is 0 Å². The fourth-order valence-electron chi connectivity index (χ4n) is 1.67. The summed E-state index contributed by atoms with van der Waals surface area (Å²) in [6.07, 6.45) is 1.33. The minimum absolute atomic E-state index is 0.0239. The van der Waals surface area contributed by atoms with Gasteiger partial charge in [-0.3, -0.25) is 9.36 Å². The van der Waals surface area contributed by atoms with E-state index in [2.05, 4.69) is 4.98 Å². The average Bonchev–Trinajstić information content (AvgIpc) is 2.41. The van der Waals surface area contributed by atoms with Crippen molar-refractivity contribution in [3.63, 3.8) is 0 Å². The van der Waals surface area contributed by atoms with Gasteiger partial charge in [-0.25, -0.2) is 14.2 Å². The van der Waals surface area contributed by atoms with Crippen LogP contribution >= 0.6 is 22.6 Å². The van der Waals surface area contributed by atoms with Crippen LogP contribution < -0.4 is 5.56 Å². The summed E-state index contributed by atoms with van der Waals surface area (Å²) in [6.45, 7) is 1.65. The molecule has 0 aliphatic heterocycles. The summed E-state index contributed by atoms with van der Waals surface area (Å²) in [5, 5.41) is 8.90. The molecule has 0 aliphatic carbocycles. The lowest BCUT2D eigenvalue weighted by Crippen LogP contribution is -2.25. The first kappa shape index (κ1) is 14.6. The second-order valence-electron chi connectivity index (χ2n) is 4.19. The molecule has 1 heterocycles. The lowest BCUT2D eigenvalue weighted by molar-refractivity contribution is 0.0696. The molecule has 0 unspecified atom stereocenters. The summed E-state index contributed by atoms with van der Waals surface area (Å²) in [6, 6.07) is 3.48. The molecule has 0 bridgehead atoms. The standard InChI is InChI=1S/C13H10FIN2O3/c1-7-11(15)12(18)17(6-16-7)5-9-4-8(13(19)20)2-3-10(9)14/h2-4,6H,5H2,1H3,(H,19,20). The first-order valence-corrected chi connectivity index (χ1v) is 6.71. The van der Waals surface area contributed by atoms with E-state index in [4.69, 9.17) is 5.11 Å². The van der Waals surface area contributed by atoms with Gasteiger partial charge in [0.2, 0.25) is 0 Å². The topological polar surface area (TPSA) is 72.2 Å². The van der Waals surface area contributed by atoms with Crippen molar-refractivity contribution in [3.05, 3.63) is 61.1 Å². The van der Waals surface area contributed by atoms with Crippen molar-refractivity contribution >= 4 is 28.6 Å². The first-order chi connectivity index (χ1) is 9.40. The molecule has 0 radical (unpaired) electrons. The van der Waals surface area contributed by atoms with E-state index in [0.717, 1.165) is 6.07 Å². The van der Waals surface area contributed by atoms with E-state index >= 15 is 0 Å². The van der Waals surface area contributed by atoms with Gasteiger partial charge >= 0.3 is 5.97 Å². The second-order valence-corrected chi connectivity index (χ2v) is 5.27. The number of hydrogen-bond acceptors (Lipinski definition) is 3. The number of nitrogens with zero attached hydrogens (tertiary/aromatic N) is 2. The molecule has 0 spiro atoms. The zero-order chi connectivity index (χ0) is 14.9. The van der Waals surface area contributed by atoms with E-state index in [0.29, 0.717) is 9.26 Å². The Labute approximate surface area is 127 Å². The van der Waals surface area contributed by atoms with Crippen LogP contribution in [0.5, 0.6) is 0 Å². The average molecular weight is 388 g/mol. The van der Waals surface area contributed by atoms with Crippen molar-refractivity contribution < 1.29 is 14.3 Å². The molecule has 1 N–H and O–H groups in total. The highest BCUT2D eigenvalue weighted by Crippen LogP contribution is 2.12. The van der Waals surface area contributed by atoms with Crippen molar-refractivity contribution in [1.29, 1.82) is 0 Å². The van der Waals surface area contributed by atoms with Gasteiger partial charge in [0, 0.05) is 5.56 Å². The summed E-state index contributed by atoms with van der Waals surface area (Å²) < 4.78 is 15.4. The molecular formula is C13H10FIN2O3. The number of carbonyl (C=O) groups is 1. The lowest BCUT2D eigenvalue weighted by Gasteiger charge is -2.08. The highest BCUT2D eigenvalue weighted by atomic mass is 127. The zero-order valence-corrected chi connectivity index (χ0v) is 12.6. The van der Waals surface area contributed by atoms with Gasteiger partial charge in [-0.1, -0.05) is 0 Å². The third kappa shape index (κ3) is 2.87. The van der Waals surface area contributed by atoms with Gasteiger partial charge in [-0.15, -0.1) is 0 Å². The SMILES string of the molecule is Cc1ncn(Cc2cc(C(=O)O)ccc2F)c(=O)c1I. The van der Waals surface area contributed by atoms with E-state index in [-0.39, 0.29) is 23.2 Å². The highest BCUT2D eigenvalue weighted by Gasteiger charge is 2.11. The molecule has 0 saturated carbocycles. The van der Waals surface area contributed by atoms with Crippen LogP contribution in [0.15, 0.2) is 29.3 Å². The number of benzene rings is 1. The van der Waals surface area contributed by atoms with Crippen molar-refractivity contribution in [1.82, 2.24) is 9.55 Å². The van der Waals surface area contributed by atoms with Crippen molar-refractivity contribution in [2.45, 2.75) is 13.5 Å². The largest absolute Gasteiger partial charge is 0.478 e.